The minimum atomic E-state index is -0.235. The molecule has 0 radical (unpaired) electrons. The van der Waals surface area contributed by atoms with Crippen LogP contribution in [0.4, 0.5) is 0 Å². The van der Waals surface area contributed by atoms with Crippen molar-refractivity contribution in [2.75, 3.05) is 0 Å². The van der Waals surface area contributed by atoms with Crippen molar-refractivity contribution in [3.05, 3.63) is 35.4 Å². The lowest BCUT2D eigenvalue weighted by atomic mass is 9.86. The van der Waals surface area contributed by atoms with Crippen LogP contribution < -0.4 is 5.73 Å². The highest BCUT2D eigenvalue weighted by atomic mass is 14.7. The van der Waals surface area contributed by atoms with Crippen LogP contribution in [0, 0.1) is 0 Å². The van der Waals surface area contributed by atoms with Gasteiger partial charge in [-0.1, -0.05) is 38.1 Å². The molecule has 1 aromatic rings. The first-order chi connectivity index (χ1) is 5.93. The molecule has 1 heteroatoms. The summed E-state index contributed by atoms with van der Waals surface area (Å²) in [5.74, 6) is 0.541. The summed E-state index contributed by atoms with van der Waals surface area (Å²) in [4.78, 5) is 0. The van der Waals surface area contributed by atoms with Gasteiger partial charge in [-0.25, -0.2) is 0 Å². The van der Waals surface area contributed by atoms with Crippen molar-refractivity contribution in [3.8, 4) is 0 Å². The Labute approximate surface area is 81.0 Å². The van der Waals surface area contributed by atoms with E-state index in [1.165, 1.54) is 11.1 Å². The summed E-state index contributed by atoms with van der Waals surface area (Å²) in [5, 5.41) is 0. The first-order valence-electron chi connectivity index (χ1n) is 4.81. The topological polar surface area (TPSA) is 26.0 Å². The van der Waals surface area contributed by atoms with E-state index in [4.69, 9.17) is 5.73 Å². The molecule has 0 heterocycles. The highest BCUT2D eigenvalue weighted by Gasteiger charge is 2.18. The van der Waals surface area contributed by atoms with E-state index in [0.29, 0.717) is 5.92 Å². The lowest BCUT2D eigenvalue weighted by Crippen LogP contribution is -2.30. The molecule has 2 N–H and O–H groups in total. The van der Waals surface area contributed by atoms with Gasteiger partial charge in [-0.05, 0) is 30.9 Å². The van der Waals surface area contributed by atoms with Crippen molar-refractivity contribution in [3.63, 3.8) is 0 Å². The predicted molar refractivity (Wildman–Crippen MR) is 57.7 cm³/mol. The first kappa shape index (κ1) is 10.3. The summed E-state index contributed by atoms with van der Waals surface area (Å²) in [6.45, 7) is 8.50. The van der Waals surface area contributed by atoms with Crippen molar-refractivity contribution in [2.45, 2.75) is 39.2 Å². The number of benzene rings is 1. The van der Waals surface area contributed by atoms with Crippen LogP contribution in [0.3, 0.4) is 0 Å². The molecule has 13 heavy (non-hydrogen) atoms. The average molecular weight is 177 g/mol. The van der Waals surface area contributed by atoms with Crippen LogP contribution in [-0.2, 0) is 5.54 Å². The Kier molecular flexibility index (Phi) is 2.77. The summed E-state index contributed by atoms with van der Waals surface area (Å²) in [6.07, 6.45) is 0. The first-order valence-corrected chi connectivity index (χ1v) is 4.81. The Morgan fingerprint density at radius 3 is 2.08 bits per heavy atom. The quantitative estimate of drug-likeness (QED) is 0.738. The molecule has 1 aromatic carbocycles. The molecule has 0 aliphatic carbocycles. The maximum atomic E-state index is 6.10. The normalized spacial score (nSPS) is 12.2. The van der Waals surface area contributed by atoms with Crippen molar-refractivity contribution in [1.82, 2.24) is 0 Å². The van der Waals surface area contributed by atoms with Gasteiger partial charge in [0.25, 0.3) is 0 Å². The zero-order valence-corrected chi connectivity index (χ0v) is 8.96. The number of hydrogen-bond acceptors (Lipinski definition) is 1. The second-order valence-corrected chi connectivity index (χ2v) is 4.46. The van der Waals surface area contributed by atoms with Gasteiger partial charge in [0.05, 0.1) is 0 Å². The molecule has 0 spiro atoms. The molecule has 0 amide bonds. The third-order valence-corrected chi connectivity index (χ3v) is 2.28. The lowest BCUT2D eigenvalue weighted by molar-refractivity contribution is 0.543. The van der Waals surface area contributed by atoms with Gasteiger partial charge in [-0.15, -0.1) is 0 Å². The highest BCUT2D eigenvalue weighted by Crippen LogP contribution is 2.26. The monoisotopic (exact) mass is 177 g/mol. The van der Waals surface area contributed by atoms with Crippen molar-refractivity contribution < 1.29 is 0 Å². The standard InChI is InChI=1S/C12H19N/c1-9(2)10-7-5-6-8-11(10)12(3,4)13/h5-9H,13H2,1-4H3. The number of hydrogen-bond donors (Lipinski definition) is 1. The van der Waals surface area contributed by atoms with Crippen LogP contribution >= 0.6 is 0 Å². The van der Waals surface area contributed by atoms with E-state index in [1.807, 2.05) is 13.8 Å². The smallest absolute Gasteiger partial charge is 0.0355 e. The fraction of sp³-hybridized carbons (Fsp3) is 0.500. The van der Waals surface area contributed by atoms with Gasteiger partial charge < -0.3 is 5.73 Å². The van der Waals surface area contributed by atoms with E-state index < -0.39 is 0 Å². The second kappa shape index (κ2) is 3.51. The Bertz CT molecular complexity index is 281. The zero-order chi connectivity index (χ0) is 10.1. The molecular formula is C12H19N. The van der Waals surface area contributed by atoms with E-state index in [-0.39, 0.29) is 5.54 Å². The molecule has 0 fully saturated rings. The SMILES string of the molecule is CC(C)c1ccccc1C(C)(C)N. The Morgan fingerprint density at radius 2 is 1.69 bits per heavy atom. The Balaban J connectivity index is 3.20. The number of nitrogens with two attached hydrogens (primary N) is 1. The molecule has 0 bridgehead atoms. The van der Waals surface area contributed by atoms with Gasteiger partial charge >= 0.3 is 0 Å². The van der Waals surface area contributed by atoms with Crippen LogP contribution in [0.2, 0.25) is 0 Å². The Morgan fingerprint density at radius 1 is 1.15 bits per heavy atom. The molecule has 0 saturated heterocycles. The summed E-state index contributed by atoms with van der Waals surface area (Å²) in [7, 11) is 0. The van der Waals surface area contributed by atoms with Gasteiger partial charge in [0.15, 0.2) is 0 Å². The third kappa shape index (κ3) is 2.31. The molecule has 0 aliphatic rings. The summed E-state index contributed by atoms with van der Waals surface area (Å²) < 4.78 is 0. The fourth-order valence-corrected chi connectivity index (χ4v) is 1.59. The largest absolute Gasteiger partial charge is 0.322 e. The van der Waals surface area contributed by atoms with E-state index >= 15 is 0 Å². The van der Waals surface area contributed by atoms with Gasteiger partial charge in [0, 0.05) is 5.54 Å². The van der Waals surface area contributed by atoms with E-state index in [1.54, 1.807) is 0 Å². The highest BCUT2D eigenvalue weighted by molar-refractivity contribution is 5.34. The molecule has 0 aliphatic heterocycles. The minimum absolute atomic E-state index is 0.235. The van der Waals surface area contributed by atoms with Crippen LogP contribution in [0.25, 0.3) is 0 Å². The molecule has 0 aromatic heterocycles. The van der Waals surface area contributed by atoms with Gasteiger partial charge in [0.1, 0.15) is 0 Å². The zero-order valence-electron chi connectivity index (χ0n) is 8.96. The molecule has 1 nitrogen and oxygen atoms in total. The van der Waals surface area contributed by atoms with Crippen molar-refractivity contribution in [2.24, 2.45) is 5.73 Å². The third-order valence-electron chi connectivity index (χ3n) is 2.28. The number of rotatable bonds is 2. The summed E-state index contributed by atoms with van der Waals surface area (Å²) >= 11 is 0. The van der Waals surface area contributed by atoms with Crippen LogP contribution in [0.15, 0.2) is 24.3 Å². The maximum absolute atomic E-state index is 6.10. The molecule has 0 atom stereocenters. The van der Waals surface area contributed by atoms with Crippen LogP contribution in [0.5, 0.6) is 0 Å². The van der Waals surface area contributed by atoms with Crippen molar-refractivity contribution >= 4 is 0 Å². The van der Waals surface area contributed by atoms with Gasteiger partial charge in [-0.2, -0.15) is 0 Å². The summed E-state index contributed by atoms with van der Waals surface area (Å²) in [6, 6.07) is 8.41. The average Bonchev–Trinajstić information content (AvgIpc) is 2.03. The second-order valence-electron chi connectivity index (χ2n) is 4.46. The van der Waals surface area contributed by atoms with E-state index in [9.17, 15) is 0 Å². The molecular weight excluding hydrogens is 158 g/mol. The van der Waals surface area contributed by atoms with Crippen molar-refractivity contribution in [1.29, 1.82) is 0 Å². The predicted octanol–water partition coefficient (Wildman–Crippen LogP) is 3.00. The lowest BCUT2D eigenvalue weighted by Gasteiger charge is -2.24. The molecule has 72 valence electrons. The molecule has 0 saturated carbocycles. The van der Waals surface area contributed by atoms with E-state index in [0.717, 1.165) is 0 Å². The van der Waals surface area contributed by atoms with Crippen LogP contribution in [-0.4, -0.2) is 0 Å². The van der Waals surface area contributed by atoms with Gasteiger partial charge in [-0.3, -0.25) is 0 Å². The van der Waals surface area contributed by atoms with Gasteiger partial charge in [0.2, 0.25) is 0 Å². The van der Waals surface area contributed by atoms with E-state index in [2.05, 4.69) is 38.1 Å². The van der Waals surface area contributed by atoms with Crippen LogP contribution in [0.1, 0.15) is 44.7 Å². The Hall–Kier alpha value is -0.820. The molecule has 0 unspecified atom stereocenters. The molecule has 1 rings (SSSR count). The summed E-state index contributed by atoms with van der Waals surface area (Å²) in [5.41, 5.74) is 8.47. The maximum Gasteiger partial charge on any atom is 0.0355 e. The minimum Gasteiger partial charge on any atom is -0.322 e. The fourth-order valence-electron chi connectivity index (χ4n) is 1.59.